The highest BCUT2D eigenvalue weighted by Gasteiger charge is 2.08. The van der Waals surface area contributed by atoms with Crippen LogP contribution < -0.4 is 0 Å². The maximum Gasteiger partial charge on any atom is 0.138 e. The number of aromatic nitrogens is 3. The summed E-state index contributed by atoms with van der Waals surface area (Å²) in [6.07, 6.45) is 13.7. The molecule has 1 N–H and O–H groups in total. The van der Waals surface area contributed by atoms with E-state index in [4.69, 9.17) is 6.42 Å². The topological polar surface area (TPSA) is 41.6 Å². The van der Waals surface area contributed by atoms with E-state index in [1.165, 1.54) is 0 Å². The Bertz CT molecular complexity index is 720. The van der Waals surface area contributed by atoms with Gasteiger partial charge in [0.1, 0.15) is 5.65 Å². The van der Waals surface area contributed by atoms with Gasteiger partial charge < -0.3 is 4.98 Å². The first-order valence-corrected chi connectivity index (χ1v) is 5.69. The molecule has 0 bridgehead atoms. The summed E-state index contributed by atoms with van der Waals surface area (Å²) < 4.78 is 0. The van der Waals surface area contributed by atoms with E-state index in [1.54, 1.807) is 12.4 Å². The van der Waals surface area contributed by atoms with Crippen molar-refractivity contribution in [1.29, 1.82) is 0 Å². The van der Waals surface area contributed by atoms with Crippen LogP contribution in [0.5, 0.6) is 0 Å². The molecule has 0 radical (unpaired) electrons. The van der Waals surface area contributed by atoms with Gasteiger partial charge in [-0.05, 0) is 23.3 Å². The minimum Gasteiger partial charge on any atom is -0.346 e. The molecule has 3 aromatic heterocycles. The minimum atomic E-state index is 0.800. The number of pyridine rings is 2. The molecule has 0 aliphatic heterocycles. The number of rotatable bonds is 2. The zero-order valence-corrected chi connectivity index (χ0v) is 9.72. The fraction of sp³-hybridized carbons (Fsp3) is 0.0667. The molecule has 3 aromatic rings. The summed E-state index contributed by atoms with van der Waals surface area (Å²) in [6.45, 7) is 0. The SMILES string of the molecule is C#Cc1ccnc2[nH]cc(Cc3cccnc3)c12. The van der Waals surface area contributed by atoms with Crippen molar-refractivity contribution in [3.05, 3.63) is 59.7 Å². The fourth-order valence-corrected chi connectivity index (χ4v) is 2.11. The quantitative estimate of drug-likeness (QED) is 0.691. The Labute approximate surface area is 105 Å². The Morgan fingerprint density at radius 1 is 1.28 bits per heavy atom. The smallest absolute Gasteiger partial charge is 0.138 e. The van der Waals surface area contributed by atoms with Crippen LogP contribution in [-0.4, -0.2) is 15.0 Å². The highest BCUT2D eigenvalue weighted by molar-refractivity contribution is 5.86. The van der Waals surface area contributed by atoms with E-state index < -0.39 is 0 Å². The van der Waals surface area contributed by atoms with Gasteiger partial charge in [0.25, 0.3) is 0 Å². The lowest BCUT2D eigenvalue weighted by Gasteiger charge is -2.01. The third-order valence-corrected chi connectivity index (χ3v) is 2.93. The number of nitrogens with one attached hydrogen (secondary N) is 1. The Morgan fingerprint density at radius 3 is 3.00 bits per heavy atom. The van der Waals surface area contributed by atoms with Crippen LogP contribution in [0.1, 0.15) is 16.7 Å². The Morgan fingerprint density at radius 2 is 2.22 bits per heavy atom. The van der Waals surface area contributed by atoms with E-state index in [0.717, 1.165) is 34.1 Å². The van der Waals surface area contributed by atoms with Crippen molar-refractivity contribution in [3.63, 3.8) is 0 Å². The minimum absolute atomic E-state index is 0.800. The van der Waals surface area contributed by atoms with Crippen molar-refractivity contribution in [1.82, 2.24) is 15.0 Å². The van der Waals surface area contributed by atoms with Gasteiger partial charge in [-0.25, -0.2) is 4.98 Å². The largest absolute Gasteiger partial charge is 0.346 e. The number of H-pyrrole nitrogens is 1. The van der Waals surface area contributed by atoms with Crippen molar-refractivity contribution < 1.29 is 0 Å². The number of fused-ring (bicyclic) bond motifs is 1. The second kappa shape index (κ2) is 4.34. The van der Waals surface area contributed by atoms with Gasteiger partial charge in [0.2, 0.25) is 0 Å². The first-order valence-electron chi connectivity index (χ1n) is 5.69. The van der Waals surface area contributed by atoms with Crippen molar-refractivity contribution in [2.75, 3.05) is 0 Å². The molecule has 86 valence electrons. The zero-order valence-electron chi connectivity index (χ0n) is 9.72. The van der Waals surface area contributed by atoms with E-state index in [-0.39, 0.29) is 0 Å². The van der Waals surface area contributed by atoms with Gasteiger partial charge in [-0.2, -0.15) is 0 Å². The van der Waals surface area contributed by atoms with Crippen LogP contribution in [0.15, 0.2) is 43.0 Å². The molecule has 0 saturated carbocycles. The number of terminal acetylenes is 1. The maximum absolute atomic E-state index is 5.53. The van der Waals surface area contributed by atoms with E-state index in [0.29, 0.717) is 0 Å². The number of aromatic amines is 1. The van der Waals surface area contributed by atoms with Crippen LogP contribution in [0.2, 0.25) is 0 Å². The third-order valence-electron chi connectivity index (χ3n) is 2.93. The normalized spacial score (nSPS) is 10.4. The van der Waals surface area contributed by atoms with Crippen molar-refractivity contribution in [2.24, 2.45) is 0 Å². The molecule has 0 aliphatic carbocycles. The first kappa shape index (κ1) is 10.5. The van der Waals surface area contributed by atoms with Crippen molar-refractivity contribution in [3.8, 4) is 12.3 Å². The predicted molar refractivity (Wildman–Crippen MR) is 71.1 cm³/mol. The standard InChI is InChI=1S/C15H11N3/c1-2-12-5-7-17-15-14(12)13(10-18-15)8-11-4-3-6-16-9-11/h1,3-7,9-10H,8H2,(H,17,18). The van der Waals surface area contributed by atoms with Crippen LogP contribution in [-0.2, 0) is 6.42 Å². The lowest BCUT2D eigenvalue weighted by molar-refractivity contribution is 1.15. The maximum atomic E-state index is 5.53. The molecule has 0 unspecified atom stereocenters. The Balaban J connectivity index is 2.11. The van der Waals surface area contributed by atoms with Gasteiger partial charge in [-0.3, -0.25) is 4.98 Å². The molecule has 0 atom stereocenters. The van der Waals surface area contributed by atoms with E-state index in [2.05, 4.69) is 26.9 Å². The van der Waals surface area contributed by atoms with Gasteiger partial charge in [-0.1, -0.05) is 12.0 Å². The summed E-state index contributed by atoms with van der Waals surface area (Å²) in [5.41, 5.74) is 4.02. The lowest BCUT2D eigenvalue weighted by Crippen LogP contribution is -1.89. The van der Waals surface area contributed by atoms with E-state index >= 15 is 0 Å². The summed E-state index contributed by atoms with van der Waals surface area (Å²) in [7, 11) is 0. The highest BCUT2D eigenvalue weighted by atomic mass is 14.8. The molecule has 0 aromatic carbocycles. The summed E-state index contributed by atoms with van der Waals surface area (Å²) in [5.74, 6) is 2.71. The van der Waals surface area contributed by atoms with Crippen LogP contribution >= 0.6 is 0 Å². The molecule has 3 nitrogen and oxygen atoms in total. The lowest BCUT2D eigenvalue weighted by atomic mass is 10.0. The van der Waals surface area contributed by atoms with E-state index in [9.17, 15) is 0 Å². The highest BCUT2D eigenvalue weighted by Crippen LogP contribution is 2.22. The predicted octanol–water partition coefficient (Wildman–Crippen LogP) is 2.53. The van der Waals surface area contributed by atoms with Gasteiger partial charge in [-0.15, -0.1) is 6.42 Å². The average molecular weight is 233 g/mol. The molecule has 3 heterocycles. The summed E-state index contributed by atoms with van der Waals surface area (Å²) >= 11 is 0. The molecule has 0 fully saturated rings. The fourth-order valence-electron chi connectivity index (χ4n) is 2.11. The number of hydrogen-bond acceptors (Lipinski definition) is 2. The summed E-state index contributed by atoms with van der Waals surface area (Å²) in [5, 5.41) is 1.03. The first-order chi connectivity index (χ1) is 8.88. The molecular weight excluding hydrogens is 222 g/mol. The van der Waals surface area contributed by atoms with Crippen molar-refractivity contribution >= 4 is 11.0 Å². The molecule has 0 amide bonds. The molecule has 3 rings (SSSR count). The molecular formula is C15H11N3. The van der Waals surface area contributed by atoms with Crippen LogP contribution in [0, 0.1) is 12.3 Å². The zero-order chi connectivity index (χ0) is 12.4. The number of nitrogens with zero attached hydrogens (tertiary/aromatic N) is 2. The molecule has 18 heavy (non-hydrogen) atoms. The van der Waals surface area contributed by atoms with Gasteiger partial charge in [0.15, 0.2) is 0 Å². The molecule has 0 spiro atoms. The second-order valence-electron chi connectivity index (χ2n) is 4.08. The van der Waals surface area contributed by atoms with Crippen molar-refractivity contribution in [2.45, 2.75) is 6.42 Å². The van der Waals surface area contributed by atoms with Gasteiger partial charge in [0, 0.05) is 42.2 Å². The average Bonchev–Trinajstić information content (AvgIpc) is 2.83. The molecule has 0 saturated heterocycles. The number of hydrogen-bond donors (Lipinski definition) is 1. The Kier molecular flexibility index (Phi) is 2.54. The summed E-state index contributed by atoms with van der Waals surface area (Å²) in [6, 6.07) is 5.85. The van der Waals surface area contributed by atoms with E-state index in [1.807, 2.05) is 24.5 Å². The van der Waals surface area contributed by atoms with Crippen LogP contribution in [0.25, 0.3) is 11.0 Å². The van der Waals surface area contributed by atoms with Gasteiger partial charge in [0.05, 0.1) is 0 Å². The van der Waals surface area contributed by atoms with Gasteiger partial charge >= 0.3 is 0 Å². The van der Waals surface area contributed by atoms with Crippen LogP contribution in [0.3, 0.4) is 0 Å². The summed E-state index contributed by atoms with van der Waals surface area (Å²) in [4.78, 5) is 11.6. The Hall–Kier alpha value is -2.60. The third kappa shape index (κ3) is 1.74. The molecule has 0 aliphatic rings. The second-order valence-corrected chi connectivity index (χ2v) is 4.08. The molecule has 3 heteroatoms. The van der Waals surface area contributed by atoms with Crippen LogP contribution in [0.4, 0.5) is 0 Å². The monoisotopic (exact) mass is 233 g/mol.